The molecule has 0 spiro atoms. The van der Waals surface area contributed by atoms with Crippen LogP contribution in [0, 0.1) is 0 Å². The van der Waals surface area contributed by atoms with E-state index in [1.807, 2.05) is 24.5 Å². The average Bonchev–Trinajstić information content (AvgIpc) is 3.19. The molecule has 1 amide bonds. The van der Waals surface area contributed by atoms with Gasteiger partial charge in [-0.05, 0) is 58.3 Å². The van der Waals surface area contributed by atoms with E-state index in [1.165, 1.54) is 32.2 Å². The largest absolute Gasteiger partial charge is 0.351 e. The lowest BCUT2D eigenvalue weighted by Gasteiger charge is -2.34. The summed E-state index contributed by atoms with van der Waals surface area (Å²) in [7, 11) is 2.21. The van der Waals surface area contributed by atoms with Gasteiger partial charge in [0.15, 0.2) is 0 Å². The Kier molecular flexibility index (Phi) is 4.34. The second-order valence-electron chi connectivity index (χ2n) is 6.67. The van der Waals surface area contributed by atoms with Gasteiger partial charge in [-0.2, -0.15) is 0 Å². The highest BCUT2D eigenvalue weighted by Crippen LogP contribution is 2.30. The summed E-state index contributed by atoms with van der Waals surface area (Å²) in [6, 6.07) is 5.32. The lowest BCUT2D eigenvalue weighted by Crippen LogP contribution is -2.47. The smallest absolute Gasteiger partial charge is 0.224 e. The Morgan fingerprint density at radius 3 is 2.48 bits per heavy atom. The molecule has 0 aromatic carbocycles. The molecule has 3 heterocycles. The van der Waals surface area contributed by atoms with Crippen molar-refractivity contribution >= 4 is 5.91 Å². The fourth-order valence-corrected chi connectivity index (χ4v) is 4.04. The zero-order valence-corrected chi connectivity index (χ0v) is 13.2. The third-order valence-corrected chi connectivity index (χ3v) is 5.25. The lowest BCUT2D eigenvalue weighted by atomic mass is 10.0. The van der Waals surface area contributed by atoms with Crippen molar-refractivity contribution < 1.29 is 4.79 Å². The van der Waals surface area contributed by atoms with Crippen LogP contribution in [0.3, 0.4) is 0 Å². The molecule has 0 bridgehead atoms. The number of amides is 1. The molecule has 3 atom stereocenters. The van der Waals surface area contributed by atoms with Gasteiger partial charge in [0.05, 0.1) is 0 Å². The number of likely N-dealkylation sites (N-methyl/N-ethyl adjacent to an activating group) is 1. The predicted molar refractivity (Wildman–Crippen MR) is 84.1 cm³/mol. The van der Waals surface area contributed by atoms with Gasteiger partial charge in [-0.3, -0.25) is 4.79 Å². The molecule has 1 aromatic rings. The summed E-state index contributed by atoms with van der Waals surface area (Å²) in [6.45, 7) is 4.26. The molecule has 4 nitrogen and oxygen atoms in total. The number of aromatic nitrogens is 1. The Morgan fingerprint density at radius 2 is 1.81 bits per heavy atom. The van der Waals surface area contributed by atoms with E-state index in [4.69, 9.17) is 0 Å². The first-order chi connectivity index (χ1) is 10.2. The molecule has 0 unspecified atom stereocenters. The van der Waals surface area contributed by atoms with E-state index in [-0.39, 0.29) is 6.04 Å². The number of hydrogen-bond donors (Lipinski definition) is 0. The van der Waals surface area contributed by atoms with E-state index in [9.17, 15) is 4.79 Å². The van der Waals surface area contributed by atoms with Crippen molar-refractivity contribution in [2.24, 2.45) is 0 Å². The predicted octanol–water partition coefficient (Wildman–Crippen LogP) is 2.52. The molecule has 21 heavy (non-hydrogen) atoms. The standard InChI is InChI=1S/C17H27N3O/c1-14(19-10-3-4-11-19)13-17(21)20-12-6-8-16(20)15-7-5-9-18(15)2/h3-4,10-11,14-16H,5-9,12-13H2,1-2H3/t14-,15-,16-/m1/s1. The topological polar surface area (TPSA) is 28.5 Å². The fraction of sp³-hybridized carbons (Fsp3) is 0.706. The first-order valence-corrected chi connectivity index (χ1v) is 8.29. The van der Waals surface area contributed by atoms with Crippen LogP contribution in [0.15, 0.2) is 24.5 Å². The van der Waals surface area contributed by atoms with E-state index in [2.05, 4.69) is 28.3 Å². The highest BCUT2D eigenvalue weighted by molar-refractivity contribution is 5.77. The van der Waals surface area contributed by atoms with Crippen LogP contribution in [-0.2, 0) is 4.79 Å². The summed E-state index contributed by atoms with van der Waals surface area (Å²) >= 11 is 0. The summed E-state index contributed by atoms with van der Waals surface area (Å²) < 4.78 is 2.13. The second kappa shape index (κ2) is 6.22. The number of rotatable bonds is 4. The maximum atomic E-state index is 12.7. The summed E-state index contributed by atoms with van der Waals surface area (Å²) in [4.78, 5) is 17.3. The van der Waals surface area contributed by atoms with E-state index in [1.54, 1.807) is 0 Å². The van der Waals surface area contributed by atoms with Crippen molar-refractivity contribution in [3.8, 4) is 0 Å². The van der Waals surface area contributed by atoms with Gasteiger partial charge in [0.1, 0.15) is 0 Å². The second-order valence-corrected chi connectivity index (χ2v) is 6.67. The van der Waals surface area contributed by atoms with E-state index >= 15 is 0 Å². The van der Waals surface area contributed by atoms with Crippen LogP contribution in [-0.4, -0.2) is 52.5 Å². The van der Waals surface area contributed by atoms with Gasteiger partial charge in [-0.15, -0.1) is 0 Å². The minimum absolute atomic E-state index is 0.245. The molecule has 2 saturated heterocycles. The summed E-state index contributed by atoms with van der Waals surface area (Å²) in [6.07, 6.45) is 9.57. The Labute approximate surface area is 127 Å². The molecular formula is C17H27N3O. The quantitative estimate of drug-likeness (QED) is 0.852. The van der Waals surface area contributed by atoms with Gasteiger partial charge in [0.2, 0.25) is 5.91 Å². The SMILES string of the molecule is C[C@H](CC(=O)N1CCC[C@@H]1[C@H]1CCCN1C)n1cccc1. The van der Waals surface area contributed by atoms with Crippen molar-refractivity contribution in [2.45, 2.75) is 57.2 Å². The highest BCUT2D eigenvalue weighted by Gasteiger charge is 2.38. The van der Waals surface area contributed by atoms with Gasteiger partial charge >= 0.3 is 0 Å². The van der Waals surface area contributed by atoms with Gasteiger partial charge in [-0.1, -0.05) is 0 Å². The molecule has 4 heteroatoms. The Bertz CT molecular complexity index is 470. The minimum Gasteiger partial charge on any atom is -0.351 e. The molecule has 1 aromatic heterocycles. The van der Waals surface area contributed by atoms with Crippen LogP contribution in [0.5, 0.6) is 0 Å². The highest BCUT2D eigenvalue weighted by atomic mass is 16.2. The molecule has 2 aliphatic heterocycles. The van der Waals surface area contributed by atoms with Gasteiger partial charge in [-0.25, -0.2) is 0 Å². The van der Waals surface area contributed by atoms with E-state index < -0.39 is 0 Å². The Morgan fingerprint density at radius 1 is 1.14 bits per heavy atom. The average molecular weight is 289 g/mol. The monoisotopic (exact) mass is 289 g/mol. The van der Waals surface area contributed by atoms with Crippen LogP contribution >= 0.6 is 0 Å². The van der Waals surface area contributed by atoms with Crippen LogP contribution in [0.1, 0.15) is 45.1 Å². The third kappa shape index (κ3) is 3.00. The van der Waals surface area contributed by atoms with Crippen molar-refractivity contribution in [3.05, 3.63) is 24.5 Å². The maximum Gasteiger partial charge on any atom is 0.224 e. The number of nitrogens with zero attached hydrogens (tertiary/aromatic N) is 3. The summed E-state index contributed by atoms with van der Waals surface area (Å²) in [5.41, 5.74) is 0. The molecule has 0 radical (unpaired) electrons. The summed E-state index contributed by atoms with van der Waals surface area (Å²) in [5, 5.41) is 0. The van der Waals surface area contributed by atoms with Gasteiger partial charge < -0.3 is 14.4 Å². The van der Waals surface area contributed by atoms with Gasteiger partial charge in [0, 0.05) is 43.5 Å². The molecule has 0 N–H and O–H groups in total. The Hall–Kier alpha value is -1.29. The molecular weight excluding hydrogens is 262 g/mol. The Balaban J connectivity index is 1.63. The first kappa shape index (κ1) is 14.6. The number of carbonyl (C=O) groups is 1. The van der Waals surface area contributed by atoms with Crippen LogP contribution in [0.2, 0.25) is 0 Å². The fourth-order valence-electron chi connectivity index (χ4n) is 4.04. The van der Waals surface area contributed by atoms with E-state index in [0.29, 0.717) is 24.4 Å². The molecule has 3 rings (SSSR count). The van der Waals surface area contributed by atoms with Crippen molar-refractivity contribution in [3.63, 3.8) is 0 Å². The molecule has 116 valence electrons. The zero-order chi connectivity index (χ0) is 14.8. The number of hydrogen-bond acceptors (Lipinski definition) is 2. The van der Waals surface area contributed by atoms with E-state index in [0.717, 1.165) is 6.54 Å². The summed E-state index contributed by atoms with van der Waals surface area (Å²) in [5.74, 6) is 0.332. The van der Waals surface area contributed by atoms with Crippen LogP contribution in [0.4, 0.5) is 0 Å². The van der Waals surface area contributed by atoms with Crippen molar-refractivity contribution in [1.82, 2.24) is 14.4 Å². The van der Waals surface area contributed by atoms with Crippen molar-refractivity contribution in [2.75, 3.05) is 20.1 Å². The molecule has 2 aliphatic rings. The lowest BCUT2D eigenvalue weighted by molar-refractivity contribution is -0.133. The van der Waals surface area contributed by atoms with Gasteiger partial charge in [0.25, 0.3) is 0 Å². The molecule has 0 aliphatic carbocycles. The third-order valence-electron chi connectivity index (χ3n) is 5.25. The van der Waals surface area contributed by atoms with Crippen molar-refractivity contribution in [1.29, 1.82) is 0 Å². The number of carbonyl (C=O) groups excluding carboxylic acids is 1. The maximum absolute atomic E-state index is 12.7. The molecule has 2 fully saturated rings. The minimum atomic E-state index is 0.245. The zero-order valence-electron chi connectivity index (χ0n) is 13.2. The number of likely N-dealkylation sites (tertiary alicyclic amines) is 2. The first-order valence-electron chi connectivity index (χ1n) is 8.29. The van der Waals surface area contributed by atoms with Crippen LogP contribution < -0.4 is 0 Å². The normalized spacial score (nSPS) is 28.2. The van der Waals surface area contributed by atoms with Crippen LogP contribution in [0.25, 0.3) is 0 Å². The molecule has 0 saturated carbocycles.